The molecule has 8 heteroatoms. The third-order valence-electron chi connectivity index (χ3n) is 4.81. The van der Waals surface area contributed by atoms with E-state index in [1.54, 1.807) is 12.1 Å². The number of amides is 1. The van der Waals surface area contributed by atoms with Crippen molar-refractivity contribution in [3.8, 4) is 0 Å². The van der Waals surface area contributed by atoms with Crippen LogP contribution in [0, 0.1) is 11.8 Å². The number of nitrogens with one attached hydrogen (secondary N) is 1. The largest absolute Gasteiger partial charge is 0.481 e. The molecule has 2 N–H and O–H groups in total. The molecule has 0 spiro atoms. The molecule has 2 atom stereocenters. The second kappa shape index (κ2) is 6.76. The zero-order chi connectivity index (χ0) is 18.2. The fraction of sp³-hybridized carbons (Fsp3) is 0.529. The number of carbonyl (C=O) groups is 2. The van der Waals surface area contributed by atoms with E-state index in [1.165, 1.54) is 10.4 Å². The first-order valence-electron chi connectivity index (χ1n) is 8.43. The average molecular weight is 366 g/mol. The first kappa shape index (κ1) is 17.9. The van der Waals surface area contributed by atoms with Gasteiger partial charge in [0.1, 0.15) is 0 Å². The maximum Gasteiger partial charge on any atom is 0.307 e. The molecule has 2 unspecified atom stereocenters. The smallest absolute Gasteiger partial charge is 0.307 e. The minimum atomic E-state index is -3.76. The quantitative estimate of drug-likeness (QED) is 0.847. The van der Waals surface area contributed by atoms with E-state index in [0.29, 0.717) is 37.9 Å². The highest BCUT2D eigenvalue weighted by molar-refractivity contribution is 7.89. The highest BCUT2D eigenvalue weighted by atomic mass is 32.2. The Morgan fingerprint density at radius 1 is 1.28 bits per heavy atom. The number of hydrogen-bond donors (Lipinski definition) is 2. The minimum absolute atomic E-state index is 0.00414. The zero-order valence-electron chi connectivity index (χ0n) is 14.1. The third kappa shape index (κ3) is 3.69. The normalized spacial score (nSPS) is 24.9. The van der Waals surface area contributed by atoms with Crippen molar-refractivity contribution in [2.24, 2.45) is 11.8 Å². The van der Waals surface area contributed by atoms with Crippen LogP contribution in [-0.4, -0.2) is 42.8 Å². The molecule has 1 amide bonds. The highest BCUT2D eigenvalue weighted by Crippen LogP contribution is 2.30. The van der Waals surface area contributed by atoms with E-state index in [1.807, 2.05) is 6.92 Å². The molecule has 0 aliphatic carbocycles. The number of aliphatic carboxylic acids is 1. The van der Waals surface area contributed by atoms with Gasteiger partial charge in [-0.1, -0.05) is 6.92 Å². The lowest BCUT2D eigenvalue weighted by atomic mass is 9.92. The monoisotopic (exact) mass is 366 g/mol. The predicted octanol–water partition coefficient (Wildman–Crippen LogP) is 1.69. The molecule has 1 aromatic carbocycles. The lowest BCUT2D eigenvalue weighted by molar-refractivity contribution is -0.143. The third-order valence-corrected chi connectivity index (χ3v) is 6.64. The molecule has 2 heterocycles. The first-order chi connectivity index (χ1) is 11.8. The van der Waals surface area contributed by atoms with Gasteiger partial charge in [0.25, 0.3) is 0 Å². The van der Waals surface area contributed by atoms with Crippen LogP contribution in [0.4, 0.5) is 5.69 Å². The number of sulfonamides is 1. The minimum Gasteiger partial charge on any atom is -0.481 e. The molecule has 1 fully saturated rings. The van der Waals surface area contributed by atoms with Gasteiger partial charge in [-0.3, -0.25) is 9.59 Å². The Bertz CT molecular complexity index is 805. The molecule has 0 bridgehead atoms. The highest BCUT2D eigenvalue weighted by Gasteiger charge is 2.36. The molecular formula is C17H22N2O5S. The second-order valence-electron chi connectivity index (χ2n) is 6.92. The van der Waals surface area contributed by atoms with E-state index in [2.05, 4.69) is 5.32 Å². The molecule has 3 rings (SSSR count). The number of carboxylic acids is 1. The zero-order valence-corrected chi connectivity index (χ0v) is 14.9. The van der Waals surface area contributed by atoms with Crippen LogP contribution in [-0.2, 0) is 26.0 Å². The van der Waals surface area contributed by atoms with Crippen molar-refractivity contribution >= 4 is 27.6 Å². The van der Waals surface area contributed by atoms with Crippen molar-refractivity contribution in [3.05, 3.63) is 23.8 Å². The summed E-state index contributed by atoms with van der Waals surface area (Å²) in [5, 5.41) is 12.0. The fourth-order valence-electron chi connectivity index (χ4n) is 3.54. The van der Waals surface area contributed by atoms with Gasteiger partial charge in [-0.15, -0.1) is 0 Å². The van der Waals surface area contributed by atoms with Crippen molar-refractivity contribution in [2.45, 2.75) is 37.5 Å². The molecule has 0 aromatic heterocycles. The fourth-order valence-corrected chi connectivity index (χ4v) is 5.19. The van der Waals surface area contributed by atoms with Gasteiger partial charge in [0.15, 0.2) is 0 Å². The maximum atomic E-state index is 13.0. The summed E-state index contributed by atoms with van der Waals surface area (Å²) in [6.07, 6.45) is 2.20. The van der Waals surface area contributed by atoms with Gasteiger partial charge < -0.3 is 10.4 Å². The number of carboxylic acid groups (broad SMARTS) is 1. The Labute approximate surface area is 147 Å². The van der Waals surface area contributed by atoms with E-state index in [-0.39, 0.29) is 23.3 Å². The SMILES string of the molecule is CC1CC(C(=O)O)CN(S(=O)(=O)c2ccc3c(c2)CCCC(=O)N3)C1. The summed E-state index contributed by atoms with van der Waals surface area (Å²) in [7, 11) is -3.76. The van der Waals surface area contributed by atoms with Crippen LogP contribution in [0.15, 0.2) is 23.1 Å². The Kier molecular flexibility index (Phi) is 4.83. The topological polar surface area (TPSA) is 104 Å². The van der Waals surface area contributed by atoms with Crippen LogP contribution < -0.4 is 5.32 Å². The van der Waals surface area contributed by atoms with Crippen molar-refractivity contribution in [2.75, 3.05) is 18.4 Å². The standard InChI is InChI=1S/C17H22N2O5S/c1-11-7-13(17(21)22)10-19(9-11)25(23,24)14-5-6-15-12(8-14)3-2-4-16(20)18-15/h5-6,8,11,13H,2-4,7,9-10H2,1H3,(H,18,20)(H,21,22). The molecular weight excluding hydrogens is 344 g/mol. The molecule has 7 nitrogen and oxygen atoms in total. The van der Waals surface area contributed by atoms with Crippen molar-refractivity contribution in [1.82, 2.24) is 4.31 Å². The van der Waals surface area contributed by atoms with Crippen LogP contribution in [0.25, 0.3) is 0 Å². The van der Waals surface area contributed by atoms with E-state index in [9.17, 15) is 23.1 Å². The summed E-state index contributed by atoms with van der Waals surface area (Å²) in [6, 6.07) is 4.70. The first-order valence-corrected chi connectivity index (χ1v) is 9.87. The number of anilines is 1. The van der Waals surface area contributed by atoms with Crippen LogP contribution in [0.1, 0.15) is 31.7 Å². The lowest BCUT2D eigenvalue weighted by Gasteiger charge is -2.33. The summed E-state index contributed by atoms with van der Waals surface area (Å²) in [4.78, 5) is 23.1. The van der Waals surface area contributed by atoms with E-state index in [4.69, 9.17) is 0 Å². The summed E-state index contributed by atoms with van der Waals surface area (Å²) < 4.78 is 27.2. The molecule has 2 aliphatic heterocycles. The second-order valence-corrected chi connectivity index (χ2v) is 8.86. The molecule has 2 aliphatic rings. The number of nitrogens with zero attached hydrogens (tertiary/aromatic N) is 1. The van der Waals surface area contributed by atoms with Gasteiger partial charge in [0.05, 0.1) is 10.8 Å². The molecule has 1 saturated heterocycles. The number of fused-ring (bicyclic) bond motifs is 1. The van der Waals surface area contributed by atoms with Crippen molar-refractivity contribution in [3.63, 3.8) is 0 Å². The number of hydrogen-bond acceptors (Lipinski definition) is 4. The predicted molar refractivity (Wildman–Crippen MR) is 91.7 cm³/mol. The Hall–Kier alpha value is -1.93. The van der Waals surface area contributed by atoms with Crippen LogP contribution in [0.5, 0.6) is 0 Å². The van der Waals surface area contributed by atoms with Gasteiger partial charge in [0.2, 0.25) is 15.9 Å². The maximum absolute atomic E-state index is 13.0. The Morgan fingerprint density at radius 3 is 2.76 bits per heavy atom. The number of rotatable bonds is 3. The molecule has 0 radical (unpaired) electrons. The molecule has 1 aromatic rings. The Balaban J connectivity index is 1.91. The Morgan fingerprint density at radius 2 is 2.04 bits per heavy atom. The van der Waals surface area contributed by atoms with Crippen LogP contribution in [0.3, 0.4) is 0 Å². The molecule has 25 heavy (non-hydrogen) atoms. The number of aryl methyl sites for hydroxylation is 1. The van der Waals surface area contributed by atoms with E-state index >= 15 is 0 Å². The van der Waals surface area contributed by atoms with Crippen molar-refractivity contribution < 1.29 is 23.1 Å². The van der Waals surface area contributed by atoms with Crippen LogP contribution in [0.2, 0.25) is 0 Å². The summed E-state index contributed by atoms with van der Waals surface area (Å²) in [6.45, 7) is 2.18. The molecule has 136 valence electrons. The summed E-state index contributed by atoms with van der Waals surface area (Å²) in [5.74, 6) is -1.72. The lowest BCUT2D eigenvalue weighted by Crippen LogP contribution is -2.45. The number of carbonyl (C=O) groups excluding carboxylic acids is 1. The van der Waals surface area contributed by atoms with Gasteiger partial charge >= 0.3 is 5.97 Å². The van der Waals surface area contributed by atoms with E-state index in [0.717, 1.165) is 5.56 Å². The van der Waals surface area contributed by atoms with Crippen LogP contribution >= 0.6 is 0 Å². The molecule has 0 saturated carbocycles. The number of piperidine rings is 1. The summed E-state index contributed by atoms with van der Waals surface area (Å²) in [5.41, 5.74) is 1.45. The van der Waals surface area contributed by atoms with Gasteiger partial charge in [-0.2, -0.15) is 4.31 Å². The number of benzene rings is 1. The summed E-state index contributed by atoms with van der Waals surface area (Å²) >= 11 is 0. The van der Waals surface area contributed by atoms with Gasteiger partial charge in [0, 0.05) is 25.2 Å². The van der Waals surface area contributed by atoms with E-state index < -0.39 is 21.9 Å². The van der Waals surface area contributed by atoms with Crippen molar-refractivity contribution in [1.29, 1.82) is 0 Å². The van der Waals surface area contributed by atoms with Gasteiger partial charge in [-0.25, -0.2) is 8.42 Å². The van der Waals surface area contributed by atoms with Gasteiger partial charge in [-0.05, 0) is 48.9 Å². The average Bonchev–Trinajstić information content (AvgIpc) is 2.73.